The molecule has 0 bridgehead atoms. The minimum Gasteiger partial charge on any atom is -0.496 e. The molecule has 0 aromatic heterocycles. The molecule has 4 nitrogen and oxygen atoms in total. The van der Waals surface area contributed by atoms with Crippen LogP contribution in [0.2, 0.25) is 0 Å². The van der Waals surface area contributed by atoms with Gasteiger partial charge in [-0.25, -0.2) is 0 Å². The van der Waals surface area contributed by atoms with E-state index >= 15 is 0 Å². The van der Waals surface area contributed by atoms with Crippen LogP contribution >= 0.6 is 0 Å². The topological polar surface area (TPSA) is 54.9 Å². The number of para-hydroxylation sites is 1. The summed E-state index contributed by atoms with van der Waals surface area (Å²) >= 11 is 0. The first-order chi connectivity index (χ1) is 14.1. The monoisotopic (exact) mass is 389 g/mol. The van der Waals surface area contributed by atoms with Gasteiger partial charge in [0, 0.05) is 0 Å². The number of nitrogens with one attached hydrogen (secondary N) is 1. The average Bonchev–Trinajstić information content (AvgIpc) is 2.78. The second-order valence-electron chi connectivity index (χ2n) is 7.27. The number of methoxy groups -OCH3 is 1. The van der Waals surface area contributed by atoms with Gasteiger partial charge in [0.2, 0.25) is 0 Å². The van der Waals surface area contributed by atoms with Crippen molar-refractivity contribution in [3.63, 3.8) is 0 Å². The first-order valence-electron chi connectivity index (χ1n) is 9.98. The van der Waals surface area contributed by atoms with Crippen molar-refractivity contribution in [2.45, 2.75) is 32.0 Å². The minimum atomic E-state index is -0.246. The van der Waals surface area contributed by atoms with Crippen molar-refractivity contribution in [1.82, 2.24) is 5.32 Å². The lowest BCUT2D eigenvalue weighted by atomic mass is 9.98. The van der Waals surface area contributed by atoms with Crippen LogP contribution in [-0.4, -0.2) is 19.1 Å². The van der Waals surface area contributed by atoms with E-state index in [1.165, 1.54) is 0 Å². The van der Waals surface area contributed by atoms with Crippen LogP contribution in [0.3, 0.4) is 0 Å². The summed E-state index contributed by atoms with van der Waals surface area (Å²) in [5.74, 6) is 0.847. The van der Waals surface area contributed by atoms with Gasteiger partial charge < -0.3 is 15.4 Å². The van der Waals surface area contributed by atoms with Gasteiger partial charge in [0.1, 0.15) is 11.8 Å². The van der Waals surface area contributed by atoms with Gasteiger partial charge in [-0.2, -0.15) is 0 Å². The number of amides is 1. The number of ether oxygens (including phenoxy) is 1. The molecule has 0 spiro atoms. The summed E-state index contributed by atoms with van der Waals surface area (Å²) in [7, 11) is 1.67. The van der Waals surface area contributed by atoms with E-state index < -0.39 is 0 Å². The highest BCUT2D eigenvalue weighted by molar-refractivity contribution is 5.80. The van der Waals surface area contributed by atoms with Crippen molar-refractivity contribution in [1.29, 1.82) is 0 Å². The molecule has 2 atom stereocenters. The number of benzene rings is 3. The zero-order chi connectivity index (χ0) is 20.6. The van der Waals surface area contributed by atoms with Crippen molar-refractivity contribution in [3.8, 4) is 5.75 Å². The SMILES string of the molecule is COc1ccccc1[C@H](C)[NH2+][C@H](C)C(=O)NC(c1ccccc1)c1ccccc1. The molecular formula is C25H29N2O2+. The molecule has 0 aliphatic heterocycles. The van der Waals surface area contributed by atoms with Crippen LogP contribution in [0.4, 0.5) is 0 Å². The Morgan fingerprint density at radius 2 is 1.34 bits per heavy atom. The molecule has 3 N–H and O–H groups in total. The maximum Gasteiger partial charge on any atom is 0.278 e. The number of hydrogen-bond acceptors (Lipinski definition) is 2. The quantitative estimate of drug-likeness (QED) is 0.618. The Labute approximate surface area is 172 Å². The molecule has 0 aliphatic carbocycles. The molecule has 4 heteroatoms. The molecule has 3 rings (SSSR count). The molecule has 3 aromatic rings. The predicted molar refractivity (Wildman–Crippen MR) is 116 cm³/mol. The summed E-state index contributed by atoms with van der Waals surface area (Å²) in [5.41, 5.74) is 3.21. The van der Waals surface area contributed by atoms with E-state index in [2.05, 4.69) is 17.6 Å². The summed E-state index contributed by atoms with van der Waals surface area (Å²) in [5, 5.41) is 5.30. The van der Waals surface area contributed by atoms with Gasteiger partial charge in [-0.05, 0) is 37.1 Å². The lowest BCUT2D eigenvalue weighted by molar-refractivity contribution is -0.710. The summed E-state index contributed by atoms with van der Waals surface area (Å²) in [6.07, 6.45) is 0. The maximum atomic E-state index is 13.0. The van der Waals surface area contributed by atoms with E-state index in [1.54, 1.807) is 7.11 Å². The Kier molecular flexibility index (Phi) is 7.04. The number of rotatable bonds is 8. The molecular weight excluding hydrogens is 360 g/mol. The third-order valence-electron chi connectivity index (χ3n) is 5.17. The summed E-state index contributed by atoms with van der Waals surface area (Å²) in [4.78, 5) is 13.0. The Bertz CT molecular complexity index is 873. The van der Waals surface area contributed by atoms with Gasteiger partial charge in [-0.15, -0.1) is 0 Å². The number of nitrogens with two attached hydrogens (primary N) is 1. The number of carbonyl (C=O) groups excluding carboxylic acids is 1. The number of carbonyl (C=O) groups is 1. The van der Waals surface area contributed by atoms with E-state index in [-0.39, 0.29) is 24.0 Å². The predicted octanol–water partition coefficient (Wildman–Crippen LogP) is 3.61. The van der Waals surface area contributed by atoms with E-state index in [4.69, 9.17) is 4.74 Å². The fraction of sp³-hybridized carbons (Fsp3) is 0.240. The normalized spacial score (nSPS) is 13.0. The van der Waals surface area contributed by atoms with Gasteiger partial charge >= 0.3 is 0 Å². The van der Waals surface area contributed by atoms with Crippen LogP contribution in [0.25, 0.3) is 0 Å². The molecule has 0 saturated heterocycles. The molecule has 0 heterocycles. The molecule has 0 unspecified atom stereocenters. The van der Waals surface area contributed by atoms with E-state index in [0.29, 0.717) is 0 Å². The highest BCUT2D eigenvalue weighted by Crippen LogP contribution is 2.23. The van der Waals surface area contributed by atoms with Crippen LogP contribution in [-0.2, 0) is 4.79 Å². The Balaban J connectivity index is 1.74. The first kappa shape index (κ1) is 20.6. The van der Waals surface area contributed by atoms with E-state index in [0.717, 1.165) is 22.4 Å². The fourth-order valence-electron chi connectivity index (χ4n) is 3.59. The van der Waals surface area contributed by atoms with Crippen molar-refractivity contribution in [2.75, 3.05) is 7.11 Å². The largest absolute Gasteiger partial charge is 0.496 e. The highest BCUT2D eigenvalue weighted by atomic mass is 16.5. The Morgan fingerprint density at radius 1 is 0.828 bits per heavy atom. The van der Waals surface area contributed by atoms with Crippen molar-refractivity contribution < 1.29 is 14.8 Å². The van der Waals surface area contributed by atoms with E-state index in [1.807, 2.05) is 91.9 Å². The van der Waals surface area contributed by atoms with E-state index in [9.17, 15) is 4.79 Å². The fourth-order valence-corrected chi connectivity index (χ4v) is 3.59. The van der Waals surface area contributed by atoms with Gasteiger partial charge in [0.25, 0.3) is 5.91 Å². The number of quaternary nitrogens is 1. The Morgan fingerprint density at radius 3 is 1.90 bits per heavy atom. The third kappa shape index (κ3) is 5.24. The van der Waals surface area contributed by atoms with Crippen molar-refractivity contribution in [3.05, 3.63) is 102 Å². The van der Waals surface area contributed by atoms with Gasteiger partial charge in [0.05, 0.1) is 18.7 Å². The molecule has 0 saturated carbocycles. The molecule has 150 valence electrons. The second kappa shape index (κ2) is 9.89. The zero-order valence-corrected chi connectivity index (χ0v) is 17.2. The van der Waals surface area contributed by atoms with Crippen molar-refractivity contribution >= 4 is 5.91 Å². The third-order valence-corrected chi connectivity index (χ3v) is 5.17. The van der Waals surface area contributed by atoms with Crippen LogP contribution < -0.4 is 15.4 Å². The number of hydrogen-bond donors (Lipinski definition) is 2. The highest BCUT2D eigenvalue weighted by Gasteiger charge is 2.25. The summed E-state index contributed by atoms with van der Waals surface area (Å²) in [6.45, 7) is 4.03. The van der Waals surface area contributed by atoms with Crippen LogP contribution in [0.5, 0.6) is 5.75 Å². The molecule has 29 heavy (non-hydrogen) atoms. The van der Waals surface area contributed by atoms with Crippen LogP contribution in [0.1, 0.15) is 42.6 Å². The standard InChI is InChI=1S/C25H28N2O2/c1-18(22-16-10-11-17-23(22)29-3)26-19(2)25(28)27-24(20-12-6-4-7-13-20)21-14-8-5-9-15-21/h4-19,24,26H,1-3H3,(H,27,28)/p+1/t18-,19+/m0/s1. The smallest absolute Gasteiger partial charge is 0.278 e. The Hall–Kier alpha value is -3.11. The lowest BCUT2D eigenvalue weighted by Gasteiger charge is -2.23. The van der Waals surface area contributed by atoms with Crippen LogP contribution in [0, 0.1) is 0 Å². The average molecular weight is 390 g/mol. The van der Waals surface area contributed by atoms with Crippen LogP contribution in [0.15, 0.2) is 84.9 Å². The molecule has 0 fully saturated rings. The summed E-state index contributed by atoms with van der Waals surface area (Å²) < 4.78 is 5.47. The van der Waals surface area contributed by atoms with Gasteiger partial charge in [0.15, 0.2) is 6.04 Å². The minimum absolute atomic E-state index is 0.00412. The van der Waals surface area contributed by atoms with Crippen molar-refractivity contribution in [2.24, 2.45) is 0 Å². The molecule has 0 aliphatic rings. The zero-order valence-electron chi connectivity index (χ0n) is 17.2. The molecule has 0 radical (unpaired) electrons. The molecule has 1 amide bonds. The van der Waals surface area contributed by atoms with Gasteiger partial charge in [-0.1, -0.05) is 72.8 Å². The summed E-state index contributed by atoms with van der Waals surface area (Å²) in [6, 6.07) is 27.8. The maximum absolute atomic E-state index is 13.0. The second-order valence-corrected chi connectivity index (χ2v) is 7.27. The first-order valence-corrected chi connectivity index (χ1v) is 9.98. The van der Waals surface area contributed by atoms with Gasteiger partial charge in [-0.3, -0.25) is 4.79 Å². The lowest BCUT2D eigenvalue weighted by Crippen LogP contribution is -2.92. The molecule has 3 aromatic carbocycles.